The molecule has 2 heterocycles. The Morgan fingerprint density at radius 2 is 1.85 bits per heavy atom. The van der Waals surface area contributed by atoms with Gasteiger partial charge in [0.1, 0.15) is 17.2 Å². The lowest BCUT2D eigenvalue weighted by Crippen LogP contribution is -2.61. The lowest BCUT2D eigenvalue weighted by molar-refractivity contribution is -0.0946. The molecule has 2 aliphatic carbocycles. The van der Waals surface area contributed by atoms with Crippen LogP contribution in [0.25, 0.3) is 11.1 Å². The monoisotopic (exact) mass is 530 g/mol. The molecule has 3 fully saturated rings. The standard InChI is InChI=1S/C33H39FN2O3/c1-4-38-31-15-26(29(24-5-6-24)16-30(31)25-7-9-28(34)10-8-25)18-36-20-33(21-36)17-27(19-39-33)23-11-13-32(3,14-12-23)22(2)35-37/h7-10,15-16,19,23-24H,2,4-6,11-14,17-18,20-21H2,1,3H3. The molecule has 0 atom stereocenters. The minimum absolute atomic E-state index is 0.0966. The van der Waals surface area contributed by atoms with Crippen molar-refractivity contribution < 1.29 is 13.9 Å². The summed E-state index contributed by atoms with van der Waals surface area (Å²) in [7, 11) is 0. The van der Waals surface area contributed by atoms with Gasteiger partial charge in [0.25, 0.3) is 0 Å². The molecule has 2 aromatic carbocycles. The third-order valence-electron chi connectivity index (χ3n) is 9.54. The van der Waals surface area contributed by atoms with Gasteiger partial charge in [-0.1, -0.05) is 25.6 Å². The van der Waals surface area contributed by atoms with Crippen molar-refractivity contribution in [1.82, 2.24) is 4.90 Å². The third-order valence-corrected chi connectivity index (χ3v) is 9.54. The molecule has 206 valence electrons. The fourth-order valence-electron chi connectivity index (χ4n) is 6.91. The lowest BCUT2D eigenvalue weighted by atomic mass is 9.67. The van der Waals surface area contributed by atoms with Gasteiger partial charge in [0.15, 0.2) is 0 Å². The number of nitrogens with zero attached hydrogens (tertiary/aromatic N) is 2. The van der Waals surface area contributed by atoms with Gasteiger partial charge in [0.05, 0.1) is 18.6 Å². The summed E-state index contributed by atoms with van der Waals surface area (Å²) in [6.07, 6.45) is 9.52. The first-order valence-electron chi connectivity index (χ1n) is 14.5. The largest absolute Gasteiger partial charge is 0.493 e. The highest BCUT2D eigenvalue weighted by atomic mass is 19.1. The van der Waals surface area contributed by atoms with Gasteiger partial charge in [-0.15, -0.1) is 4.91 Å². The van der Waals surface area contributed by atoms with E-state index in [9.17, 15) is 9.30 Å². The summed E-state index contributed by atoms with van der Waals surface area (Å²) < 4.78 is 26.0. The first kappa shape index (κ1) is 26.2. The smallest absolute Gasteiger partial charge is 0.137 e. The van der Waals surface area contributed by atoms with Crippen LogP contribution >= 0.6 is 0 Å². The van der Waals surface area contributed by atoms with Crippen LogP contribution in [0.2, 0.25) is 0 Å². The zero-order valence-electron chi connectivity index (χ0n) is 23.2. The van der Waals surface area contributed by atoms with Crippen molar-refractivity contribution in [3.63, 3.8) is 0 Å². The second-order valence-electron chi connectivity index (χ2n) is 12.4. The lowest BCUT2D eigenvalue weighted by Gasteiger charge is -2.47. The summed E-state index contributed by atoms with van der Waals surface area (Å²) in [5.74, 6) is 1.78. The number of hydrogen-bond acceptors (Lipinski definition) is 5. The van der Waals surface area contributed by atoms with E-state index in [0.29, 0.717) is 24.1 Å². The van der Waals surface area contributed by atoms with Crippen LogP contribution in [-0.4, -0.2) is 30.2 Å². The second kappa shape index (κ2) is 10.2. The van der Waals surface area contributed by atoms with Crippen LogP contribution in [0.1, 0.15) is 75.8 Å². The van der Waals surface area contributed by atoms with Gasteiger partial charge < -0.3 is 9.47 Å². The molecule has 0 bridgehead atoms. The highest BCUT2D eigenvalue weighted by Crippen LogP contribution is 2.50. The molecule has 0 radical (unpaired) electrons. The maximum absolute atomic E-state index is 13.6. The minimum Gasteiger partial charge on any atom is -0.493 e. The molecule has 4 aliphatic rings. The molecule has 5 nitrogen and oxygen atoms in total. The van der Waals surface area contributed by atoms with Gasteiger partial charge in [0, 0.05) is 37.0 Å². The minimum atomic E-state index is -0.225. The summed E-state index contributed by atoms with van der Waals surface area (Å²) in [5.41, 5.74) is 6.45. The molecule has 0 amide bonds. The van der Waals surface area contributed by atoms with Gasteiger partial charge in [-0.2, -0.15) is 0 Å². The third kappa shape index (κ3) is 5.16. The summed E-state index contributed by atoms with van der Waals surface area (Å²) in [4.78, 5) is 13.5. The Kier molecular flexibility index (Phi) is 6.86. The van der Waals surface area contributed by atoms with Gasteiger partial charge in [-0.05, 0) is 109 Å². The van der Waals surface area contributed by atoms with Crippen molar-refractivity contribution >= 4 is 0 Å². The molecule has 2 aliphatic heterocycles. The fraction of sp³-hybridized carbons (Fsp3) is 0.515. The fourth-order valence-corrected chi connectivity index (χ4v) is 6.91. The Hall–Kier alpha value is -2.99. The average molecular weight is 531 g/mol. The van der Waals surface area contributed by atoms with Crippen molar-refractivity contribution in [3.05, 3.63) is 82.4 Å². The van der Waals surface area contributed by atoms with E-state index in [-0.39, 0.29) is 16.8 Å². The molecule has 6 heteroatoms. The quantitative estimate of drug-likeness (QED) is 0.307. The van der Waals surface area contributed by atoms with E-state index in [1.165, 1.54) is 41.7 Å². The van der Waals surface area contributed by atoms with Crippen LogP contribution in [0.3, 0.4) is 0 Å². The zero-order chi connectivity index (χ0) is 27.2. The molecule has 0 aromatic heterocycles. The van der Waals surface area contributed by atoms with Crippen LogP contribution < -0.4 is 4.74 Å². The number of benzene rings is 2. The van der Waals surface area contributed by atoms with Crippen molar-refractivity contribution in [2.75, 3.05) is 19.7 Å². The molecular formula is C33H39FN2O3. The topological polar surface area (TPSA) is 51.1 Å². The highest BCUT2D eigenvalue weighted by molar-refractivity contribution is 5.72. The number of ether oxygens (including phenoxy) is 2. The van der Waals surface area contributed by atoms with Crippen molar-refractivity contribution in [1.29, 1.82) is 0 Å². The first-order valence-corrected chi connectivity index (χ1v) is 14.5. The Bertz CT molecular complexity index is 1280. The number of hydrogen-bond donors (Lipinski definition) is 0. The molecule has 2 saturated carbocycles. The number of rotatable bonds is 9. The van der Waals surface area contributed by atoms with E-state index in [2.05, 4.69) is 35.7 Å². The maximum Gasteiger partial charge on any atom is 0.137 e. The molecule has 0 N–H and O–H groups in total. The first-order chi connectivity index (χ1) is 18.8. The molecule has 1 spiro atoms. The summed E-state index contributed by atoms with van der Waals surface area (Å²) in [6.45, 7) is 11.4. The number of allylic oxidation sites excluding steroid dienone is 1. The second-order valence-corrected chi connectivity index (χ2v) is 12.4. The summed E-state index contributed by atoms with van der Waals surface area (Å²) in [5, 5.41) is 3.14. The van der Waals surface area contributed by atoms with E-state index in [1.54, 1.807) is 0 Å². The van der Waals surface area contributed by atoms with E-state index < -0.39 is 0 Å². The van der Waals surface area contributed by atoms with Crippen LogP contribution in [0.5, 0.6) is 5.75 Å². The molecule has 0 unspecified atom stereocenters. The predicted octanol–water partition coefficient (Wildman–Crippen LogP) is 8.10. The SMILES string of the molecule is C=C(N=O)C1(C)CCC(C2=COC3(C2)CN(Cc2cc(OCC)c(-c4ccc(F)cc4)cc2C2CC2)C3)CC1. The molecule has 1 saturated heterocycles. The van der Waals surface area contributed by atoms with Crippen LogP contribution in [0.15, 0.2) is 65.7 Å². The maximum atomic E-state index is 13.6. The molecule has 6 rings (SSSR count). The average Bonchev–Trinajstić information content (AvgIpc) is 3.67. The van der Waals surface area contributed by atoms with Gasteiger partial charge in [-0.25, -0.2) is 4.39 Å². The Morgan fingerprint density at radius 1 is 1.13 bits per heavy atom. The van der Waals surface area contributed by atoms with Crippen molar-refractivity contribution in [2.24, 2.45) is 16.5 Å². The number of likely N-dealkylation sites (tertiary alicyclic amines) is 1. The Morgan fingerprint density at radius 3 is 2.49 bits per heavy atom. The van der Waals surface area contributed by atoms with Crippen LogP contribution in [0, 0.1) is 22.1 Å². The Labute approximate surface area is 231 Å². The predicted molar refractivity (Wildman–Crippen MR) is 152 cm³/mol. The van der Waals surface area contributed by atoms with Gasteiger partial charge in [0.2, 0.25) is 0 Å². The molecule has 2 aromatic rings. The van der Waals surface area contributed by atoms with E-state index >= 15 is 0 Å². The number of nitroso groups, excluding NO2 is 1. The van der Waals surface area contributed by atoms with E-state index in [4.69, 9.17) is 9.47 Å². The summed E-state index contributed by atoms with van der Waals surface area (Å²) >= 11 is 0. The number of halogens is 1. The van der Waals surface area contributed by atoms with E-state index in [1.807, 2.05) is 25.3 Å². The van der Waals surface area contributed by atoms with Gasteiger partial charge >= 0.3 is 0 Å². The normalized spacial score (nSPS) is 26.0. The van der Waals surface area contributed by atoms with Crippen LogP contribution in [-0.2, 0) is 11.3 Å². The Balaban J connectivity index is 1.11. The van der Waals surface area contributed by atoms with E-state index in [0.717, 1.165) is 68.6 Å². The summed E-state index contributed by atoms with van der Waals surface area (Å²) in [6, 6.07) is 11.2. The zero-order valence-corrected chi connectivity index (χ0v) is 23.2. The van der Waals surface area contributed by atoms with Crippen LogP contribution in [0.4, 0.5) is 4.39 Å². The van der Waals surface area contributed by atoms with Crippen molar-refractivity contribution in [3.8, 4) is 16.9 Å². The highest BCUT2D eigenvalue weighted by Gasteiger charge is 2.49. The van der Waals surface area contributed by atoms with Gasteiger partial charge in [-0.3, -0.25) is 4.90 Å². The molecule has 39 heavy (non-hydrogen) atoms. The van der Waals surface area contributed by atoms with Crippen molar-refractivity contribution in [2.45, 2.75) is 76.9 Å². The molecular weight excluding hydrogens is 491 g/mol.